The van der Waals surface area contributed by atoms with Gasteiger partial charge in [-0.2, -0.15) is 0 Å². The largest absolute Gasteiger partial charge is 0.377 e. The molecule has 1 rings (SSSR count). The predicted molar refractivity (Wildman–Crippen MR) is 37.2 cm³/mol. The van der Waals surface area contributed by atoms with E-state index in [1.165, 1.54) is 12.8 Å². The zero-order valence-corrected chi connectivity index (χ0v) is 5.73. The second kappa shape index (κ2) is 3.85. The van der Waals surface area contributed by atoms with Crippen molar-refractivity contribution in [3.05, 3.63) is 6.92 Å². The van der Waals surface area contributed by atoms with E-state index in [1.54, 1.807) is 0 Å². The first kappa shape index (κ1) is 7.03. The Hall–Kier alpha value is -0.0800. The van der Waals surface area contributed by atoms with E-state index >= 15 is 0 Å². The van der Waals surface area contributed by atoms with E-state index in [4.69, 9.17) is 4.74 Å². The van der Waals surface area contributed by atoms with Crippen LogP contribution in [0.3, 0.4) is 0 Å². The Morgan fingerprint density at radius 3 is 3.11 bits per heavy atom. The molecule has 9 heavy (non-hydrogen) atoms. The minimum atomic E-state index is 0.465. The standard InChI is InChI=1S/C7H14NO/c1-2-8-6-7-4-3-5-9-7/h7-8H,1-6H2. The highest BCUT2D eigenvalue weighted by atomic mass is 16.5. The highest BCUT2D eigenvalue weighted by molar-refractivity contribution is 4.67. The van der Waals surface area contributed by atoms with Crippen LogP contribution < -0.4 is 5.32 Å². The minimum absolute atomic E-state index is 0.465. The molecule has 1 heterocycles. The molecule has 2 nitrogen and oxygen atoms in total. The van der Waals surface area contributed by atoms with Crippen LogP contribution in [-0.2, 0) is 4.74 Å². The molecular formula is C7H14NO. The quantitative estimate of drug-likeness (QED) is 0.600. The van der Waals surface area contributed by atoms with Crippen molar-refractivity contribution in [1.82, 2.24) is 5.32 Å². The molecule has 1 radical (unpaired) electrons. The van der Waals surface area contributed by atoms with Crippen LogP contribution in [0.25, 0.3) is 0 Å². The van der Waals surface area contributed by atoms with E-state index < -0.39 is 0 Å². The molecule has 1 N–H and O–H groups in total. The lowest BCUT2D eigenvalue weighted by Gasteiger charge is -2.07. The molecule has 1 unspecified atom stereocenters. The highest BCUT2D eigenvalue weighted by Crippen LogP contribution is 2.09. The number of nitrogens with one attached hydrogen (secondary N) is 1. The first-order chi connectivity index (χ1) is 4.43. The lowest BCUT2D eigenvalue weighted by Crippen LogP contribution is -2.25. The molecule has 1 fully saturated rings. The summed E-state index contributed by atoms with van der Waals surface area (Å²) in [6.45, 7) is 6.41. The number of hydrogen-bond acceptors (Lipinski definition) is 2. The third-order valence-electron chi connectivity index (χ3n) is 1.57. The molecule has 1 aliphatic rings. The van der Waals surface area contributed by atoms with Gasteiger partial charge in [-0.25, -0.2) is 0 Å². The van der Waals surface area contributed by atoms with E-state index in [9.17, 15) is 0 Å². The van der Waals surface area contributed by atoms with Crippen LogP contribution in [0, 0.1) is 6.92 Å². The Morgan fingerprint density at radius 2 is 2.56 bits per heavy atom. The molecule has 0 amide bonds. The fourth-order valence-corrected chi connectivity index (χ4v) is 1.07. The van der Waals surface area contributed by atoms with Gasteiger partial charge < -0.3 is 10.1 Å². The van der Waals surface area contributed by atoms with Crippen molar-refractivity contribution < 1.29 is 4.74 Å². The fourth-order valence-electron chi connectivity index (χ4n) is 1.07. The van der Waals surface area contributed by atoms with Crippen LogP contribution in [0.2, 0.25) is 0 Å². The summed E-state index contributed by atoms with van der Waals surface area (Å²) in [4.78, 5) is 0. The molecule has 0 aromatic rings. The summed E-state index contributed by atoms with van der Waals surface area (Å²) in [5.41, 5.74) is 0. The van der Waals surface area contributed by atoms with Gasteiger partial charge in [0.1, 0.15) is 0 Å². The van der Waals surface area contributed by atoms with Gasteiger partial charge in [-0.05, 0) is 26.3 Å². The van der Waals surface area contributed by atoms with Crippen molar-refractivity contribution in [2.75, 3.05) is 19.7 Å². The van der Waals surface area contributed by atoms with Crippen LogP contribution in [-0.4, -0.2) is 25.8 Å². The molecule has 1 atom stereocenters. The molecule has 1 saturated heterocycles. The van der Waals surface area contributed by atoms with E-state index in [0.29, 0.717) is 6.10 Å². The predicted octanol–water partition coefficient (Wildman–Crippen LogP) is 0.589. The molecule has 0 aromatic heterocycles. The Morgan fingerprint density at radius 1 is 1.67 bits per heavy atom. The van der Waals surface area contributed by atoms with Crippen molar-refractivity contribution in [2.45, 2.75) is 18.9 Å². The summed E-state index contributed by atoms with van der Waals surface area (Å²) < 4.78 is 5.36. The number of ether oxygens (including phenoxy) is 1. The highest BCUT2D eigenvalue weighted by Gasteiger charge is 2.13. The maximum atomic E-state index is 5.36. The van der Waals surface area contributed by atoms with Gasteiger partial charge in [-0.15, -0.1) is 0 Å². The van der Waals surface area contributed by atoms with Crippen molar-refractivity contribution in [2.24, 2.45) is 0 Å². The normalized spacial score (nSPS) is 27.0. The molecule has 0 bridgehead atoms. The summed E-state index contributed by atoms with van der Waals surface area (Å²) >= 11 is 0. The summed E-state index contributed by atoms with van der Waals surface area (Å²) in [7, 11) is 0. The second-order valence-corrected chi connectivity index (χ2v) is 2.34. The van der Waals surface area contributed by atoms with Gasteiger partial charge in [0, 0.05) is 13.2 Å². The lowest BCUT2D eigenvalue weighted by atomic mass is 10.2. The van der Waals surface area contributed by atoms with E-state index in [2.05, 4.69) is 12.2 Å². The van der Waals surface area contributed by atoms with Gasteiger partial charge in [0.05, 0.1) is 6.10 Å². The molecule has 0 spiro atoms. The first-order valence-corrected chi connectivity index (χ1v) is 3.55. The SMILES string of the molecule is [CH2]CNCC1CCCO1. The molecule has 0 aromatic carbocycles. The van der Waals surface area contributed by atoms with Crippen LogP contribution in [0.1, 0.15) is 12.8 Å². The van der Waals surface area contributed by atoms with E-state index in [1.807, 2.05) is 0 Å². The molecule has 53 valence electrons. The monoisotopic (exact) mass is 128 g/mol. The van der Waals surface area contributed by atoms with Gasteiger partial charge in [0.2, 0.25) is 0 Å². The Balaban J connectivity index is 1.98. The lowest BCUT2D eigenvalue weighted by molar-refractivity contribution is 0.111. The first-order valence-electron chi connectivity index (χ1n) is 3.55. The van der Waals surface area contributed by atoms with Crippen LogP contribution in [0.5, 0.6) is 0 Å². The van der Waals surface area contributed by atoms with Crippen LogP contribution in [0.15, 0.2) is 0 Å². The zero-order valence-electron chi connectivity index (χ0n) is 5.73. The zero-order chi connectivity index (χ0) is 6.53. The fraction of sp³-hybridized carbons (Fsp3) is 0.857. The summed E-state index contributed by atoms with van der Waals surface area (Å²) in [6.07, 6.45) is 2.91. The average molecular weight is 128 g/mol. The van der Waals surface area contributed by atoms with Crippen molar-refractivity contribution >= 4 is 0 Å². The van der Waals surface area contributed by atoms with E-state index in [-0.39, 0.29) is 0 Å². The molecule has 0 saturated carbocycles. The number of hydrogen-bond donors (Lipinski definition) is 1. The summed E-state index contributed by atoms with van der Waals surface area (Å²) in [5, 5.41) is 3.15. The second-order valence-electron chi connectivity index (χ2n) is 2.34. The summed E-state index contributed by atoms with van der Waals surface area (Å²) in [6, 6.07) is 0. The van der Waals surface area contributed by atoms with Crippen molar-refractivity contribution in [1.29, 1.82) is 0 Å². The van der Waals surface area contributed by atoms with Crippen molar-refractivity contribution in [3.63, 3.8) is 0 Å². The maximum absolute atomic E-state index is 5.36. The molecule has 2 heteroatoms. The molecule has 0 aliphatic carbocycles. The Bertz CT molecular complexity index is 69.3. The Labute approximate surface area is 56.6 Å². The third-order valence-corrected chi connectivity index (χ3v) is 1.57. The van der Waals surface area contributed by atoms with Gasteiger partial charge in [0.25, 0.3) is 0 Å². The van der Waals surface area contributed by atoms with E-state index in [0.717, 1.165) is 19.7 Å². The van der Waals surface area contributed by atoms with Gasteiger partial charge in [-0.1, -0.05) is 0 Å². The Kier molecular flexibility index (Phi) is 3.01. The van der Waals surface area contributed by atoms with Gasteiger partial charge in [0.15, 0.2) is 0 Å². The van der Waals surface area contributed by atoms with Gasteiger partial charge in [-0.3, -0.25) is 0 Å². The van der Waals surface area contributed by atoms with Crippen LogP contribution >= 0.6 is 0 Å². The molecular weight excluding hydrogens is 114 g/mol. The minimum Gasteiger partial charge on any atom is -0.377 e. The average Bonchev–Trinajstić information content (AvgIpc) is 2.34. The van der Waals surface area contributed by atoms with Gasteiger partial charge >= 0.3 is 0 Å². The third kappa shape index (κ3) is 2.33. The topological polar surface area (TPSA) is 21.3 Å². The molecule has 1 aliphatic heterocycles. The maximum Gasteiger partial charge on any atom is 0.0700 e. The van der Waals surface area contributed by atoms with Crippen molar-refractivity contribution in [3.8, 4) is 0 Å². The number of rotatable bonds is 3. The smallest absolute Gasteiger partial charge is 0.0700 e. The summed E-state index contributed by atoms with van der Waals surface area (Å²) in [5.74, 6) is 0. The van der Waals surface area contributed by atoms with Crippen LogP contribution in [0.4, 0.5) is 0 Å².